The SMILES string of the molecule is CCCNCC(=O)N1CCCC(C)(C)C1C(=O)O. The molecule has 5 heteroatoms. The summed E-state index contributed by atoms with van der Waals surface area (Å²) in [5.41, 5.74) is -0.357. The highest BCUT2D eigenvalue weighted by molar-refractivity contribution is 5.85. The first-order chi connectivity index (χ1) is 8.40. The number of hydrogen-bond donors (Lipinski definition) is 2. The lowest BCUT2D eigenvalue weighted by atomic mass is 9.76. The standard InChI is InChI=1S/C13H24N2O3/c1-4-7-14-9-10(16)15-8-5-6-13(2,3)11(15)12(17)18/h11,14H,4-9H2,1-3H3,(H,17,18). The molecule has 1 unspecified atom stereocenters. The zero-order valence-corrected chi connectivity index (χ0v) is 11.5. The van der Waals surface area contributed by atoms with Crippen LogP contribution in [0.1, 0.15) is 40.0 Å². The normalized spacial score (nSPS) is 22.8. The summed E-state index contributed by atoms with van der Waals surface area (Å²) in [5.74, 6) is -1.01. The van der Waals surface area contributed by atoms with E-state index in [1.807, 2.05) is 20.8 Å². The zero-order valence-electron chi connectivity index (χ0n) is 11.5. The van der Waals surface area contributed by atoms with Gasteiger partial charge in [0.25, 0.3) is 0 Å². The first-order valence-corrected chi connectivity index (χ1v) is 6.63. The van der Waals surface area contributed by atoms with Gasteiger partial charge in [-0.1, -0.05) is 20.8 Å². The maximum absolute atomic E-state index is 12.1. The van der Waals surface area contributed by atoms with E-state index in [1.54, 1.807) is 0 Å². The third-order valence-electron chi connectivity index (χ3n) is 3.53. The number of rotatable bonds is 5. The topological polar surface area (TPSA) is 69.6 Å². The quantitative estimate of drug-likeness (QED) is 0.722. The highest BCUT2D eigenvalue weighted by Crippen LogP contribution is 2.35. The van der Waals surface area contributed by atoms with E-state index < -0.39 is 12.0 Å². The minimum Gasteiger partial charge on any atom is -0.480 e. The van der Waals surface area contributed by atoms with Crippen LogP contribution in [-0.4, -0.2) is 47.6 Å². The van der Waals surface area contributed by atoms with Crippen LogP contribution in [0.3, 0.4) is 0 Å². The Labute approximate surface area is 109 Å². The Hall–Kier alpha value is -1.10. The number of carbonyl (C=O) groups is 2. The summed E-state index contributed by atoms with van der Waals surface area (Å²) in [5, 5.41) is 12.4. The monoisotopic (exact) mass is 256 g/mol. The van der Waals surface area contributed by atoms with Gasteiger partial charge in [0.05, 0.1) is 6.54 Å². The van der Waals surface area contributed by atoms with E-state index >= 15 is 0 Å². The lowest BCUT2D eigenvalue weighted by Gasteiger charge is -2.44. The van der Waals surface area contributed by atoms with E-state index in [1.165, 1.54) is 4.90 Å². The zero-order chi connectivity index (χ0) is 13.8. The number of likely N-dealkylation sites (tertiary alicyclic amines) is 1. The van der Waals surface area contributed by atoms with Gasteiger partial charge in [0.15, 0.2) is 0 Å². The molecule has 5 nitrogen and oxygen atoms in total. The first kappa shape index (κ1) is 15.0. The number of nitrogens with zero attached hydrogens (tertiary/aromatic N) is 1. The third kappa shape index (κ3) is 3.45. The maximum atomic E-state index is 12.1. The molecule has 0 aliphatic carbocycles. The van der Waals surface area contributed by atoms with Crippen LogP contribution in [0.5, 0.6) is 0 Å². The molecule has 0 bridgehead atoms. The molecular weight excluding hydrogens is 232 g/mol. The highest BCUT2D eigenvalue weighted by atomic mass is 16.4. The van der Waals surface area contributed by atoms with Crippen molar-refractivity contribution in [3.8, 4) is 0 Å². The predicted molar refractivity (Wildman–Crippen MR) is 69.3 cm³/mol. The smallest absolute Gasteiger partial charge is 0.326 e. The number of piperidine rings is 1. The minimum absolute atomic E-state index is 0.108. The molecule has 2 N–H and O–H groups in total. The Morgan fingerprint density at radius 2 is 2.11 bits per heavy atom. The fourth-order valence-corrected chi connectivity index (χ4v) is 2.60. The molecule has 1 atom stereocenters. The molecular formula is C13H24N2O3. The summed E-state index contributed by atoms with van der Waals surface area (Å²) in [6.45, 7) is 7.43. The lowest BCUT2D eigenvalue weighted by molar-refractivity contribution is -0.158. The van der Waals surface area contributed by atoms with Crippen molar-refractivity contribution in [3.05, 3.63) is 0 Å². The molecule has 104 valence electrons. The largest absolute Gasteiger partial charge is 0.480 e. The average molecular weight is 256 g/mol. The van der Waals surface area contributed by atoms with Crippen LogP contribution in [0.25, 0.3) is 0 Å². The van der Waals surface area contributed by atoms with Gasteiger partial charge in [0.1, 0.15) is 6.04 Å². The predicted octanol–water partition coefficient (Wildman–Crippen LogP) is 1.09. The van der Waals surface area contributed by atoms with Crippen molar-refractivity contribution in [3.63, 3.8) is 0 Å². The van der Waals surface area contributed by atoms with Crippen LogP contribution in [-0.2, 0) is 9.59 Å². The van der Waals surface area contributed by atoms with Gasteiger partial charge in [-0.25, -0.2) is 4.79 Å². The average Bonchev–Trinajstić information content (AvgIpc) is 2.26. The molecule has 1 saturated heterocycles. The van der Waals surface area contributed by atoms with Crippen LogP contribution in [0.15, 0.2) is 0 Å². The molecule has 18 heavy (non-hydrogen) atoms. The molecule has 1 fully saturated rings. The van der Waals surface area contributed by atoms with Crippen LogP contribution in [0.4, 0.5) is 0 Å². The number of amides is 1. The fraction of sp³-hybridized carbons (Fsp3) is 0.846. The molecule has 0 radical (unpaired) electrons. The Morgan fingerprint density at radius 3 is 2.67 bits per heavy atom. The molecule has 1 heterocycles. The van der Waals surface area contributed by atoms with Gasteiger partial charge >= 0.3 is 5.97 Å². The van der Waals surface area contributed by atoms with Crippen LogP contribution < -0.4 is 5.32 Å². The number of hydrogen-bond acceptors (Lipinski definition) is 3. The van der Waals surface area contributed by atoms with Gasteiger partial charge < -0.3 is 15.3 Å². The first-order valence-electron chi connectivity index (χ1n) is 6.63. The maximum Gasteiger partial charge on any atom is 0.326 e. The van der Waals surface area contributed by atoms with E-state index in [0.717, 1.165) is 25.8 Å². The summed E-state index contributed by atoms with van der Waals surface area (Å²) in [6.07, 6.45) is 2.67. The number of nitrogens with one attached hydrogen (secondary N) is 1. The summed E-state index contributed by atoms with van der Waals surface area (Å²) >= 11 is 0. The summed E-state index contributed by atoms with van der Waals surface area (Å²) in [4.78, 5) is 25.0. The molecule has 0 spiro atoms. The fourth-order valence-electron chi connectivity index (χ4n) is 2.60. The molecule has 0 aromatic heterocycles. The van der Waals surface area contributed by atoms with Crippen LogP contribution >= 0.6 is 0 Å². The second-order valence-electron chi connectivity index (χ2n) is 5.60. The van der Waals surface area contributed by atoms with Crippen molar-refractivity contribution in [2.45, 2.75) is 46.1 Å². The van der Waals surface area contributed by atoms with Gasteiger partial charge in [-0.3, -0.25) is 4.79 Å². The Morgan fingerprint density at radius 1 is 1.44 bits per heavy atom. The van der Waals surface area contributed by atoms with Crippen molar-refractivity contribution in [1.82, 2.24) is 10.2 Å². The highest BCUT2D eigenvalue weighted by Gasteiger charge is 2.44. The second kappa shape index (κ2) is 6.18. The number of carboxylic acids is 1. The molecule has 1 rings (SSSR count). The van der Waals surface area contributed by atoms with Gasteiger partial charge in [0.2, 0.25) is 5.91 Å². The lowest BCUT2D eigenvalue weighted by Crippen LogP contribution is -2.57. The molecule has 1 aliphatic heterocycles. The summed E-state index contributed by atoms with van der Waals surface area (Å²) in [7, 11) is 0. The van der Waals surface area contributed by atoms with Gasteiger partial charge in [-0.2, -0.15) is 0 Å². The Balaban J connectivity index is 2.72. The van der Waals surface area contributed by atoms with Crippen LogP contribution in [0.2, 0.25) is 0 Å². The Kier molecular flexibility index (Phi) is 5.14. The summed E-state index contributed by atoms with van der Waals surface area (Å²) in [6, 6.07) is -0.706. The van der Waals surface area contributed by atoms with Gasteiger partial charge in [-0.15, -0.1) is 0 Å². The summed E-state index contributed by atoms with van der Waals surface area (Å²) < 4.78 is 0. The van der Waals surface area contributed by atoms with Crippen LogP contribution in [0, 0.1) is 5.41 Å². The molecule has 1 amide bonds. The van der Waals surface area contributed by atoms with E-state index in [0.29, 0.717) is 6.54 Å². The van der Waals surface area contributed by atoms with E-state index in [2.05, 4.69) is 5.32 Å². The third-order valence-corrected chi connectivity index (χ3v) is 3.53. The molecule has 0 aromatic carbocycles. The van der Waals surface area contributed by atoms with E-state index in [4.69, 9.17) is 0 Å². The van der Waals surface area contributed by atoms with Crippen molar-refractivity contribution >= 4 is 11.9 Å². The van der Waals surface area contributed by atoms with Gasteiger partial charge in [0, 0.05) is 6.54 Å². The molecule has 0 saturated carbocycles. The van der Waals surface area contributed by atoms with E-state index in [-0.39, 0.29) is 17.9 Å². The van der Waals surface area contributed by atoms with Gasteiger partial charge in [-0.05, 0) is 31.2 Å². The minimum atomic E-state index is -0.899. The number of carboxylic acid groups (broad SMARTS) is 1. The number of aliphatic carboxylic acids is 1. The Bertz CT molecular complexity index is 315. The molecule has 0 aromatic rings. The molecule has 1 aliphatic rings. The van der Waals surface area contributed by atoms with Crippen molar-refractivity contribution < 1.29 is 14.7 Å². The second-order valence-corrected chi connectivity index (χ2v) is 5.60. The van der Waals surface area contributed by atoms with Crippen molar-refractivity contribution in [1.29, 1.82) is 0 Å². The number of carbonyl (C=O) groups excluding carboxylic acids is 1. The van der Waals surface area contributed by atoms with E-state index in [9.17, 15) is 14.7 Å². The van der Waals surface area contributed by atoms with Crippen molar-refractivity contribution in [2.75, 3.05) is 19.6 Å². The van der Waals surface area contributed by atoms with Crippen molar-refractivity contribution in [2.24, 2.45) is 5.41 Å².